The maximum absolute atomic E-state index is 13.7. The lowest BCUT2D eigenvalue weighted by Gasteiger charge is -2.17. The lowest BCUT2D eigenvalue weighted by atomic mass is 10.1. The molecule has 0 aliphatic carbocycles. The lowest BCUT2D eigenvalue weighted by Crippen LogP contribution is -2.07. The number of benzene rings is 1. The van der Waals surface area contributed by atoms with E-state index in [-0.39, 0.29) is 17.2 Å². The minimum Gasteiger partial charge on any atom is -0.384 e. The van der Waals surface area contributed by atoms with Crippen LogP contribution in [0.25, 0.3) is 0 Å². The van der Waals surface area contributed by atoms with Crippen LogP contribution >= 0.6 is 11.8 Å². The Bertz CT molecular complexity index is 438. The standard InChI is InChI=1S/C14H17FOS/c1-14(2,3)17-10-12-7-6-11(5-4-8-16)9-13(12)15/h6-7,9,16H,8,10H2,1-3H3. The van der Waals surface area contributed by atoms with Gasteiger partial charge in [-0.1, -0.05) is 38.7 Å². The highest BCUT2D eigenvalue weighted by atomic mass is 32.2. The third-order valence-electron chi connectivity index (χ3n) is 2.03. The fraction of sp³-hybridized carbons (Fsp3) is 0.429. The molecular formula is C14H17FOS. The van der Waals surface area contributed by atoms with E-state index in [1.54, 1.807) is 23.9 Å². The van der Waals surface area contributed by atoms with E-state index in [1.807, 2.05) is 0 Å². The first-order chi connectivity index (χ1) is 7.92. The monoisotopic (exact) mass is 252 g/mol. The van der Waals surface area contributed by atoms with Crippen molar-refractivity contribution in [2.75, 3.05) is 6.61 Å². The molecule has 1 N–H and O–H groups in total. The molecule has 0 bridgehead atoms. The number of hydrogen-bond donors (Lipinski definition) is 1. The first-order valence-corrected chi connectivity index (χ1v) is 6.43. The van der Waals surface area contributed by atoms with Crippen molar-refractivity contribution in [2.24, 2.45) is 0 Å². The molecule has 17 heavy (non-hydrogen) atoms. The molecule has 0 saturated carbocycles. The van der Waals surface area contributed by atoms with Gasteiger partial charge >= 0.3 is 0 Å². The molecule has 0 unspecified atom stereocenters. The molecule has 1 rings (SSSR count). The number of thioether (sulfide) groups is 1. The Labute approximate surface area is 106 Å². The Balaban J connectivity index is 2.76. The van der Waals surface area contributed by atoms with Crippen LogP contribution in [-0.4, -0.2) is 16.5 Å². The Morgan fingerprint density at radius 1 is 1.35 bits per heavy atom. The highest BCUT2D eigenvalue weighted by Crippen LogP contribution is 2.28. The van der Waals surface area contributed by atoms with Crippen LogP contribution in [0.3, 0.4) is 0 Å². The van der Waals surface area contributed by atoms with E-state index in [9.17, 15) is 4.39 Å². The van der Waals surface area contributed by atoms with Crippen molar-refractivity contribution < 1.29 is 9.50 Å². The maximum Gasteiger partial charge on any atom is 0.128 e. The molecule has 0 saturated heterocycles. The van der Waals surface area contributed by atoms with Gasteiger partial charge in [0.1, 0.15) is 12.4 Å². The molecule has 0 aliphatic rings. The van der Waals surface area contributed by atoms with Gasteiger partial charge in [0.25, 0.3) is 0 Å². The number of rotatable bonds is 2. The van der Waals surface area contributed by atoms with E-state index in [2.05, 4.69) is 32.6 Å². The Morgan fingerprint density at radius 3 is 2.59 bits per heavy atom. The third-order valence-corrected chi connectivity index (χ3v) is 3.35. The van der Waals surface area contributed by atoms with Gasteiger partial charge in [-0.15, -0.1) is 0 Å². The molecule has 0 aliphatic heterocycles. The zero-order valence-corrected chi connectivity index (χ0v) is 11.2. The SMILES string of the molecule is CC(C)(C)SCc1ccc(C#CCO)cc1F. The molecule has 1 aromatic carbocycles. The van der Waals surface area contributed by atoms with Gasteiger partial charge in [0.15, 0.2) is 0 Å². The molecule has 3 heteroatoms. The first-order valence-electron chi connectivity index (χ1n) is 5.44. The van der Waals surface area contributed by atoms with E-state index in [0.29, 0.717) is 16.9 Å². The highest BCUT2D eigenvalue weighted by molar-refractivity contribution is 7.99. The zero-order valence-electron chi connectivity index (χ0n) is 10.4. The van der Waals surface area contributed by atoms with Gasteiger partial charge in [0.2, 0.25) is 0 Å². The van der Waals surface area contributed by atoms with Crippen molar-refractivity contribution in [2.45, 2.75) is 31.3 Å². The number of halogens is 1. The highest BCUT2D eigenvalue weighted by Gasteiger charge is 2.12. The van der Waals surface area contributed by atoms with E-state index < -0.39 is 0 Å². The van der Waals surface area contributed by atoms with Crippen LogP contribution in [0.5, 0.6) is 0 Å². The molecule has 0 amide bonds. The van der Waals surface area contributed by atoms with Gasteiger partial charge in [0.05, 0.1) is 0 Å². The predicted molar refractivity (Wildman–Crippen MR) is 71.4 cm³/mol. The van der Waals surface area contributed by atoms with Crippen molar-refractivity contribution in [3.05, 3.63) is 35.1 Å². The van der Waals surface area contributed by atoms with Crippen molar-refractivity contribution in [3.8, 4) is 11.8 Å². The van der Waals surface area contributed by atoms with E-state index >= 15 is 0 Å². The van der Waals surface area contributed by atoms with Crippen LogP contribution in [0.1, 0.15) is 31.9 Å². The van der Waals surface area contributed by atoms with Gasteiger partial charge in [-0.25, -0.2) is 4.39 Å². The average Bonchev–Trinajstić information content (AvgIpc) is 2.23. The summed E-state index contributed by atoms with van der Waals surface area (Å²) in [7, 11) is 0. The van der Waals surface area contributed by atoms with Crippen molar-refractivity contribution in [1.82, 2.24) is 0 Å². The molecule has 1 nitrogen and oxygen atoms in total. The summed E-state index contributed by atoms with van der Waals surface area (Å²) in [4.78, 5) is 0. The Kier molecular flexibility index (Phi) is 5.04. The zero-order chi connectivity index (χ0) is 12.9. The van der Waals surface area contributed by atoms with Crippen LogP contribution in [0.4, 0.5) is 4.39 Å². The summed E-state index contributed by atoms with van der Waals surface area (Å²) < 4.78 is 13.8. The van der Waals surface area contributed by atoms with Gasteiger partial charge in [0, 0.05) is 16.1 Å². The number of aliphatic hydroxyl groups is 1. The second-order valence-electron chi connectivity index (χ2n) is 4.67. The smallest absolute Gasteiger partial charge is 0.128 e. The van der Waals surface area contributed by atoms with E-state index in [0.717, 1.165) is 0 Å². The molecule has 0 heterocycles. The summed E-state index contributed by atoms with van der Waals surface area (Å²) in [5.74, 6) is 5.61. The minimum absolute atomic E-state index is 0.127. The number of hydrogen-bond acceptors (Lipinski definition) is 2. The molecule has 0 aromatic heterocycles. The summed E-state index contributed by atoms with van der Waals surface area (Å²) >= 11 is 1.71. The van der Waals surface area contributed by atoms with Crippen LogP contribution in [0.15, 0.2) is 18.2 Å². The average molecular weight is 252 g/mol. The van der Waals surface area contributed by atoms with Crippen LogP contribution in [-0.2, 0) is 5.75 Å². The molecule has 0 atom stereocenters. The van der Waals surface area contributed by atoms with Crippen molar-refractivity contribution >= 4 is 11.8 Å². The normalized spacial score (nSPS) is 10.9. The van der Waals surface area contributed by atoms with Gasteiger partial charge in [-0.3, -0.25) is 0 Å². The topological polar surface area (TPSA) is 20.2 Å². The van der Waals surface area contributed by atoms with Crippen LogP contribution in [0, 0.1) is 17.7 Å². The third kappa shape index (κ3) is 5.25. The fourth-order valence-corrected chi connectivity index (χ4v) is 2.00. The van der Waals surface area contributed by atoms with Gasteiger partial charge in [-0.05, 0) is 17.7 Å². The van der Waals surface area contributed by atoms with Crippen LogP contribution < -0.4 is 0 Å². The molecule has 92 valence electrons. The van der Waals surface area contributed by atoms with Crippen molar-refractivity contribution in [1.29, 1.82) is 0 Å². The fourth-order valence-electron chi connectivity index (χ4n) is 1.18. The quantitative estimate of drug-likeness (QED) is 0.816. The molecule has 0 fully saturated rings. The summed E-state index contributed by atoms with van der Waals surface area (Å²) in [6.45, 7) is 6.12. The van der Waals surface area contributed by atoms with Crippen LogP contribution in [0.2, 0.25) is 0 Å². The molecular weight excluding hydrogens is 235 g/mol. The van der Waals surface area contributed by atoms with Gasteiger partial charge < -0.3 is 5.11 Å². The number of aliphatic hydroxyl groups excluding tert-OH is 1. The Hall–Kier alpha value is -0.980. The second-order valence-corrected chi connectivity index (χ2v) is 6.47. The predicted octanol–water partition coefficient (Wildman–Crippen LogP) is 3.20. The molecule has 0 spiro atoms. The maximum atomic E-state index is 13.7. The first kappa shape index (κ1) is 14.1. The lowest BCUT2D eigenvalue weighted by molar-refractivity contribution is 0.350. The summed E-state index contributed by atoms with van der Waals surface area (Å²) in [6.07, 6.45) is 0. The van der Waals surface area contributed by atoms with Crippen molar-refractivity contribution in [3.63, 3.8) is 0 Å². The van der Waals surface area contributed by atoms with E-state index in [4.69, 9.17) is 5.11 Å². The summed E-state index contributed by atoms with van der Waals surface area (Å²) in [5.41, 5.74) is 1.29. The largest absolute Gasteiger partial charge is 0.384 e. The summed E-state index contributed by atoms with van der Waals surface area (Å²) in [5, 5.41) is 8.55. The second kappa shape index (κ2) is 6.09. The molecule has 1 aromatic rings. The molecule has 0 radical (unpaired) electrons. The summed E-state index contributed by atoms with van der Waals surface area (Å²) in [6, 6.07) is 4.96. The van der Waals surface area contributed by atoms with E-state index in [1.165, 1.54) is 6.07 Å². The Morgan fingerprint density at radius 2 is 2.06 bits per heavy atom. The minimum atomic E-state index is -0.230. The van der Waals surface area contributed by atoms with Gasteiger partial charge in [-0.2, -0.15) is 11.8 Å².